The Labute approximate surface area is 184 Å². The second-order valence-corrected chi connectivity index (χ2v) is 11.0. The van der Waals surface area contributed by atoms with Crippen LogP contribution in [0.1, 0.15) is 63.9 Å². The molecular weight excluding hydrogens is 379 g/mol. The lowest BCUT2D eigenvalue weighted by atomic mass is 9.69. The van der Waals surface area contributed by atoms with Crippen LogP contribution in [-0.2, 0) is 0 Å². The Morgan fingerprint density at radius 3 is 2.00 bits per heavy atom. The molecule has 0 nitrogen and oxygen atoms in total. The minimum absolute atomic E-state index is 0.536. The van der Waals surface area contributed by atoms with E-state index in [2.05, 4.69) is 98.8 Å². The van der Waals surface area contributed by atoms with Crippen molar-refractivity contribution in [2.75, 3.05) is 0 Å². The third kappa shape index (κ3) is 4.70. The second kappa shape index (κ2) is 10.4. The molecule has 0 saturated heterocycles. The van der Waals surface area contributed by atoms with Crippen LogP contribution in [-0.4, -0.2) is 0 Å². The summed E-state index contributed by atoms with van der Waals surface area (Å²) in [5, 5.41) is 4.48. The van der Waals surface area contributed by atoms with E-state index in [1.165, 1.54) is 49.1 Å². The Morgan fingerprint density at radius 1 is 0.767 bits per heavy atom. The van der Waals surface area contributed by atoms with E-state index in [-0.39, 0.29) is 0 Å². The van der Waals surface area contributed by atoms with Gasteiger partial charge in [-0.3, -0.25) is 0 Å². The van der Waals surface area contributed by atoms with Crippen LogP contribution in [0.25, 0.3) is 0 Å². The van der Waals surface area contributed by atoms with Gasteiger partial charge in [0.05, 0.1) is 0 Å². The van der Waals surface area contributed by atoms with E-state index in [4.69, 9.17) is 0 Å². The van der Waals surface area contributed by atoms with Crippen LogP contribution < -0.4 is 15.9 Å². The molecule has 1 fully saturated rings. The van der Waals surface area contributed by atoms with Gasteiger partial charge in [-0.2, -0.15) is 0 Å². The topological polar surface area (TPSA) is 0 Å². The first-order valence-electron chi connectivity index (χ1n) is 11.8. The maximum Gasteiger partial charge on any atom is -0.0116 e. The van der Waals surface area contributed by atoms with Crippen molar-refractivity contribution >= 4 is 23.8 Å². The van der Waals surface area contributed by atoms with Crippen LogP contribution in [0.5, 0.6) is 0 Å². The number of hydrogen-bond donors (Lipinski definition) is 0. The first kappa shape index (κ1) is 21.3. The molecule has 0 radical (unpaired) electrons. The number of benzene rings is 3. The fraction of sp³-hybridized carbons (Fsp3) is 0.379. The number of rotatable bonds is 7. The van der Waals surface area contributed by atoms with E-state index in [1.807, 2.05) is 0 Å². The monoisotopic (exact) mass is 414 g/mol. The summed E-state index contributed by atoms with van der Waals surface area (Å²) in [5.74, 6) is 2.35. The van der Waals surface area contributed by atoms with Crippen LogP contribution in [0.4, 0.5) is 0 Å². The van der Waals surface area contributed by atoms with Crippen molar-refractivity contribution in [2.24, 2.45) is 11.8 Å². The SMILES string of the molecule is CCCCC1CCCC(c2ccccc2P(c2ccccc2)c2ccccc2)[C@H]1C. The summed E-state index contributed by atoms with van der Waals surface area (Å²) >= 11 is 0. The minimum Gasteiger partial charge on any atom is -0.0654 e. The highest BCUT2D eigenvalue weighted by Gasteiger charge is 2.33. The van der Waals surface area contributed by atoms with Gasteiger partial charge < -0.3 is 0 Å². The van der Waals surface area contributed by atoms with Gasteiger partial charge in [0.2, 0.25) is 0 Å². The van der Waals surface area contributed by atoms with Crippen LogP contribution >= 0.6 is 7.92 Å². The van der Waals surface area contributed by atoms with E-state index in [0.29, 0.717) is 5.92 Å². The van der Waals surface area contributed by atoms with Crippen LogP contribution in [0.15, 0.2) is 84.9 Å². The van der Waals surface area contributed by atoms with Gasteiger partial charge in [-0.05, 0) is 53.6 Å². The van der Waals surface area contributed by atoms with Gasteiger partial charge in [0.25, 0.3) is 0 Å². The zero-order valence-electron chi connectivity index (χ0n) is 18.5. The lowest BCUT2D eigenvalue weighted by Gasteiger charge is -2.38. The van der Waals surface area contributed by atoms with Crippen molar-refractivity contribution in [3.63, 3.8) is 0 Å². The molecule has 0 aliphatic heterocycles. The van der Waals surface area contributed by atoms with E-state index in [1.54, 1.807) is 10.9 Å². The van der Waals surface area contributed by atoms with Crippen molar-refractivity contribution < 1.29 is 0 Å². The Morgan fingerprint density at radius 2 is 1.37 bits per heavy atom. The summed E-state index contributed by atoms with van der Waals surface area (Å²) in [6.07, 6.45) is 8.25. The highest BCUT2D eigenvalue weighted by molar-refractivity contribution is 7.79. The zero-order valence-corrected chi connectivity index (χ0v) is 19.4. The van der Waals surface area contributed by atoms with Crippen LogP contribution in [0.2, 0.25) is 0 Å². The molecule has 1 saturated carbocycles. The molecule has 1 aliphatic carbocycles. The molecule has 2 unspecified atom stereocenters. The normalized spacial score (nSPS) is 21.6. The lowest BCUT2D eigenvalue weighted by Crippen LogP contribution is -2.30. The van der Waals surface area contributed by atoms with E-state index >= 15 is 0 Å². The van der Waals surface area contributed by atoms with Crippen molar-refractivity contribution in [3.05, 3.63) is 90.5 Å². The quantitative estimate of drug-likeness (QED) is 0.360. The number of hydrogen-bond acceptors (Lipinski definition) is 0. The summed E-state index contributed by atoms with van der Waals surface area (Å²) in [7, 11) is -0.536. The Hall–Kier alpha value is -1.91. The van der Waals surface area contributed by atoms with Crippen molar-refractivity contribution in [1.82, 2.24) is 0 Å². The highest BCUT2D eigenvalue weighted by atomic mass is 31.1. The fourth-order valence-corrected chi connectivity index (χ4v) is 7.88. The van der Waals surface area contributed by atoms with Gasteiger partial charge in [0.15, 0.2) is 0 Å². The van der Waals surface area contributed by atoms with Crippen LogP contribution in [0, 0.1) is 11.8 Å². The molecule has 156 valence electrons. The van der Waals surface area contributed by atoms with E-state index in [0.717, 1.165) is 11.8 Å². The Balaban J connectivity index is 1.75. The summed E-state index contributed by atoms with van der Waals surface area (Å²) in [5.41, 5.74) is 1.62. The average molecular weight is 415 g/mol. The molecule has 0 bridgehead atoms. The first-order chi connectivity index (χ1) is 14.8. The summed E-state index contributed by atoms with van der Waals surface area (Å²) in [6, 6.07) is 31.7. The molecule has 0 aromatic heterocycles. The molecule has 30 heavy (non-hydrogen) atoms. The molecule has 1 heteroatoms. The van der Waals surface area contributed by atoms with Gasteiger partial charge in [0.1, 0.15) is 0 Å². The number of unbranched alkanes of at least 4 members (excludes halogenated alkanes) is 1. The third-order valence-electron chi connectivity index (χ3n) is 7.00. The summed E-state index contributed by atoms with van der Waals surface area (Å²) < 4.78 is 0. The maximum absolute atomic E-state index is 2.54. The van der Waals surface area contributed by atoms with Gasteiger partial charge in [-0.25, -0.2) is 0 Å². The maximum atomic E-state index is 2.54. The van der Waals surface area contributed by atoms with Crippen molar-refractivity contribution in [3.8, 4) is 0 Å². The van der Waals surface area contributed by atoms with Gasteiger partial charge in [0, 0.05) is 0 Å². The predicted octanol–water partition coefficient (Wildman–Crippen LogP) is 7.15. The zero-order chi connectivity index (χ0) is 20.8. The van der Waals surface area contributed by atoms with Gasteiger partial charge >= 0.3 is 0 Å². The third-order valence-corrected chi connectivity index (χ3v) is 9.52. The van der Waals surface area contributed by atoms with Crippen molar-refractivity contribution in [2.45, 2.75) is 58.3 Å². The van der Waals surface area contributed by atoms with Crippen LogP contribution in [0.3, 0.4) is 0 Å². The average Bonchev–Trinajstić information content (AvgIpc) is 2.81. The Bertz CT molecular complexity index is 862. The van der Waals surface area contributed by atoms with Gasteiger partial charge in [-0.1, -0.05) is 131 Å². The molecular formula is C29H35P. The highest BCUT2D eigenvalue weighted by Crippen LogP contribution is 2.45. The largest absolute Gasteiger partial charge is 0.0654 e. The molecule has 3 aromatic carbocycles. The molecule has 3 atom stereocenters. The molecule has 0 N–H and O–H groups in total. The molecule has 1 aliphatic rings. The lowest BCUT2D eigenvalue weighted by molar-refractivity contribution is 0.206. The van der Waals surface area contributed by atoms with E-state index < -0.39 is 7.92 Å². The predicted molar refractivity (Wildman–Crippen MR) is 134 cm³/mol. The summed E-state index contributed by atoms with van der Waals surface area (Å²) in [6.45, 7) is 4.86. The molecule has 0 heterocycles. The minimum atomic E-state index is -0.536. The fourth-order valence-electron chi connectivity index (χ4n) is 5.35. The van der Waals surface area contributed by atoms with Gasteiger partial charge in [-0.15, -0.1) is 0 Å². The van der Waals surface area contributed by atoms with E-state index in [9.17, 15) is 0 Å². The Kier molecular flexibility index (Phi) is 7.40. The first-order valence-corrected chi connectivity index (χ1v) is 13.1. The standard InChI is InChI=1S/C29H35P/c1-3-4-14-24-15-13-21-27(23(24)2)28-20-11-12-22-29(28)30(25-16-7-5-8-17-25)26-18-9-6-10-19-26/h5-12,16-20,22-24,27H,3-4,13-15,21H2,1-2H3/t23-,24?,27?/m0/s1. The molecule has 0 amide bonds. The molecule has 4 rings (SSSR count). The molecule has 3 aromatic rings. The van der Waals surface area contributed by atoms with Crippen molar-refractivity contribution in [1.29, 1.82) is 0 Å². The molecule has 0 spiro atoms. The summed E-state index contributed by atoms with van der Waals surface area (Å²) in [4.78, 5) is 0. The second-order valence-electron chi connectivity index (χ2n) is 8.86. The smallest absolute Gasteiger partial charge is 0.0116 e.